The highest BCUT2D eigenvalue weighted by atomic mass is 32.2. The number of fused-ring (bicyclic) bond motifs is 1. The Morgan fingerprint density at radius 3 is 2.94 bits per heavy atom. The normalized spacial score (nSPS) is 18.3. The summed E-state index contributed by atoms with van der Waals surface area (Å²) in [5, 5.41) is 0.324. The van der Waals surface area contributed by atoms with Crippen LogP contribution in [0.4, 0.5) is 5.69 Å². The Bertz CT molecular complexity index is 568. The lowest BCUT2D eigenvalue weighted by Gasteiger charge is -2.17. The fraction of sp³-hybridized carbons (Fsp3) is 0.143. The summed E-state index contributed by atoms with van der Waals surface area (Å²) < 4.78 is 0. The van der Waals surface area contributed by atoms with Gasteiger partial charge in [0.2, 0.25) is 0 Å². The summed E-state index contributed by atoms with van der Waals surface area (Å²) in [6.45, 7) is 0. The van der Waals surface area contributed by atoms with Gasteiger partial charge in [0.05, 0.1) is 23.0 Å². The number of thioether (sulfide) groups is 1. The van der Waals surface area contributed by atoms with Crippen molar-refractivity contribution >= 4 is 23.5 Å². The molecule has 0 saturated heterocycles. The zero-order valence-electron chi connectivity index (χ0n) is 10.0. The molecule has 1 aromatic carbocycles. The Labute approximate surface area is 111 Å². The highest BCUT2D eigenvalue weighted by molar-refractivity contribution is 8.00. The van der Waals surface area contributed by atoms with Gasteiger partial charge in [0, 0.05) is 24.3 Å². The van der Waals surface area contributed by atoms with E-state index in [9.17, 15) is 0 Å². The predicted molar refractivity (Wildman–Crippen MR) is 75.6 cm³/mol. The first-order valence-electron chi connectivity index (χ1n) is 5.77. The van der Waals surface area contributed by atoms with E-state index in [0.29, 0.717) is 5.37 Å². The standard InChI is InChI=1S/C14H13N3S/c1-17-12-4-2-3-5-13(12)18-14(17)7-6-11-10-15-8-9-16-11/h2-10,14H,1H3/b7-6+. The Balaban J connectivity index is 1.79. The van der Waals surface area contributed by atoms with E-state index in [2.05, 4.69) is 52.3 Å². The van der Waals surface area contributed by atoms with Crippen LogP contribution < -0.4 is 4.90 Å². The molecule has 4 heteroatoms. The summed E-state index contributed by atoms with van der Waals surface area (Å²) in [4.78, 5) is 11.9. The van der Waals surface area contributed by atoms with Crippen LogP contribution in [0.5, 0.6) is 0 Å². The molecule has 90 valence electrons. The van der Waals surface area contributed by atoms with Crippen molar-refractivity contribution in [2.45, 2.75) is 10.3 Å². The van der Waals surface area contributed by atoms with Gasteiger partial charge in [0.1, 0.15) is 0 Å². The van der Waals surface area contributed by atoms with Crippen LogP contribution in [0.3, 0.4) is 0 Å². The number of rotatable bonds is 2. The van der Waals surface area contributed by atoms with E-state index >= 15 is 0 Å². The monoisotopic (exact) mass is 255 g/mol. The van der Waals surface area contributed by atoms with Crippen molar-refractivity contribution in [1.82, 2.24) is 9.97 Å². The Kier molecular flexibility index (Phi) is 3.02. The molecule has 0 saturated carbocycles. The Morgan fingerprint density at radius 2 is 2.17 bits per heavy atom. The largest absolute Gasteiger partial charge is 0.358 e. The van der Waals surface area contributed by atoms with Crippen molar-refractivity contribution in [3.05, 3.63) is 54.6 Å². The number of aromatic nitrogens is 2. The first kappa shape index (κ1) is 11.3. The molecule has 1 aromatic heterocycles. The third kappa shape index (κ3) is 2.11. The second kappa shape index (κ2) is 4.82. The van der Waals surface area contributed by atoms with Crippen molar-refractivity contribution in [3.8, 4) is 0 Å². The van der Waals surface area contributed by atoms with Gasteiger partial charge in [-0.1, -0.05) is 23.9 Å². The minimum Gasteiger partial charge on any atom is -0.358 e. The maximum atomic E-state index is 4.24. The fourth-order valence-corrected chi connectivity index (χ4v) is 3.12. The zero-order valence-corrected chi connectivity index (χ0v) is 10.8. The summed E-state index contributed by atoms with van der Waals surface area (Å²) in [5.74, 6) is 0. The molecule has 2 aromatic rings. The summed E-state index contributed by atoms with van der Waals surface area (Å²) in [6, 6.07) is 8.46. The SMILES string of the molecule is CN1c2ccccc2SC1/C=C/c1cnccn1. The number of hydrogen-bond acceptors (Lipinski definition) is 4. The molecule has 0 amide bonds. The smallest absolute Gasteiger partial charge is 0.0983 e. The summed E-state index contributed by atoms with van der Waals surface area (Å²) >= 11 is 1.85. The quantitative estimate of drug-likeness (QED) is 0.824. The second-order valence-electron chi connectivity index (χ2n) is 4.08. The topological polar surface area (TPSA) is 29.0 Å². The van der Waals surface area contributed by atoms with Gasteiger partial charge in [-0.25, -0.2) is 0 Å². The predicted octanol–water partition coefficient (Wildman–Crippen LogP) is 3.06. The lowest BCUT2D eigenvalue weighted by Crippen LogP contribution is -2.21. The van der Waals surface area contributed by atoms with Crippen LogP contribution >= 0.6 is 11.8 Å². The van der Waals surface area contributed by atoms with Crippen molar-refractivity contribution in [2.75, 3.05) is 11.9 Å². The molecule has 3 rings (SSSR count). The van der Waals surface area contributed by atoms with Crippen LogP contribution in [0, 0.1) is 0 Å². The van der Waals surface area contributed by atoms with Crippen LogP contribution in [0.1, 0.15) is 5.69 Å². The van der Waals surface area contributed by atoms with Gasteiger partial charge in [0.15, 0.2) is 0 Å². The molecule has 1 unspecified atom stereocenters. The number of para-hydroxylation sites is 1. The van der Waals surface area contributed by atoms with E-state index in [1.54, 1.807) is 18.6 Å². The molecule has 0 aliphatic carbocycles. The lowest BCUT2D eigenvalue weighted by atomic mass is 10.3. The molecular formula is C14H13N3S. The van der Waals surface area contributed by atoms with Gasteiger partial charge < -0.3 is 4.90 Å². The van der Waals surface area contributed by atoms with E-state index in [1.807, 2.05) is 17.8 Å². The van der Waals surface area contributed by atoms with Crippen molar-refractivity contribution in [1.29, 1.82) is 0 Å². The third-order valence-corrected chi connectivity index (χ3v) is 4.20. The molecule has 18 heavy (non-hydrogen) atoms. The van der Waals surface area contributed by atoms with E-state index in [-0.39, 0.29) is 0 Å². The van der Waals surface area contributed by atoms with Crippen molar-refractivity contribution < 1.29 is 0 Å². The first-order valence-corrected chi connectivity index (χ1v) is 6.65. The lowest BCUT2D eigenvalue weighted by molar-refractivity contribution is 0.992. The number of anilines is 1. The Morgan fingerprint density at radius 1 is 1.28 bits per heavy atom. The summed E-state index contributed by atoms with van der Waals surface area (Å²) in [6.07, 6.45) is 9.34. The highest BCUT2D eigenvalue weighted by Crippen LogP contribution is 2.42. The fourth-order valence-electron chi connectivity index (χ4n) is 1.94. The van der Waals surface area contributed by atoms with Crippen LogP contribution in [0.15, 0.2) is 53.8 Å². The maximum Gasteiger partial charge on any atom is 0.0983 e. The van der Waals surface area contributed by atoms with Gasteiger partial charge in [0.25, 0.3) is 0 Å². The number of nitrogens with zero attached hydrogens (tertiary/aromatic N) is 3. The molecule has 1 atom stereocenters. The summed E-state index contributed by atoms with van der Waals surface area (Å²) in [5.41, 5.74) is 2.18. The number of benzene rings is 1. The molecule has 1 aliphatic heterocycles. The molecule has 0 bridgehead atoms. The second-order valence-corrected chi connectivity index (χ2v) is 5.23. The molecule has 0 radical (unpaired) electrons. The van der Waals surface area contributed by atoms with Crippen molar-refractivity contribution in [3.63, 3.8) is 0 Å². The maximum absolute atomic E-state index is 4.24. The molecule has 1 aliphatic rings. The van der Waals surface area contributed by atoms with E-state index in [0.717, 1.165) is 5.69 Å². The number of likely N-dealkylation sites (N-methyl/N-ethyl adjacent to an activating group) is 1. The first-order chi connectivity index (χ1) is 8.84. The van der Waals surface area contributed by atoms with Gasteiger partial charge in [-0.15, -0.1) is 0 Å². The third-order valence-electron chi connectivity index (χ3n) is 2.89. The van der Waals surface area contributed by atoms with E-state index in [1.165, 1.54) is 10.6 Å². The zero-order chi connectivity index (χ0) is 12.4. The average molecular weight is 255 g/mol. The van der Waals surface area contributed by atoms with Crippen LogP contribution in [0.2, 0.25) is 0 Å². The molecule has 0 fully saturated rings. The summed E-state index contributed by atoms with van der Waals surface area (Å²) in [7, 11) is 2.12. The molecule has 0 spiro atoms. The van der Waals surface area contributed by atoms with Crippen LogP contribution in [-0.2, 0) is 0 Å². The van der Waals surface area contributed by atoms with Gasteiger partial charge >= 0.3 is 0 Å². The van der Waals surface area contributed by atoms with Crippen LogP contribution in [-0.4, -0.2) is 22.4 Å². The van der Waals surface area contributed by atoms with Gasteiger partial charge in [-0.05, 0) is 24.3 Å². The Hall–Kier alpha value is -1.81. The minimum absolute atomic E-state index is 0.324. The molecule has 2 heterocycles. The van der Waals surface area contributed by atoms with Crippen molar-refractivity contribution in [2.24, 2.45) is 0 Å². The molecular weight excluding hydrogens is 242 g/mol. The minimum atomic E-state index is 0.324. The molecule has 3 nitrogen and oxygen atoms in total. The van der Waals surface area contributed by atoms with Gasteiger partial charge in [-0.3, -0.25) is 9.97 Å². The van der Waals surface area contributed by atoms with E-state index < -0.39 is 0 Å². The average Bonchev–Trinajstić information content (AvgIpc) is 2.75. The highest BCUT2D eigenvalue weighted by Gasteiger charge is 2.24. The van der Waals surface area contributed by atoms with E-state index in [4.69, 9.17) is 0 Å². The molecule has 0 N–H and O–H groups in total. The number of hydrogen-bond donors (Lipinski definition) is 0. The van der Waals surface area contributed by atoms with Crippen LogP contribution in [0.25, 0.3) is 6.08 Å². The van der Waals surface area contributed by atoms with Gasteiger partial charge in [-0.2, -0.15) is 0 Å².